The smallest absolute Gasteiger partial charge is 0.128 e. The van der Waals surface area contributed by atoms with Gasteiger partial charge in [-0.1, -0.05) is 99.6 Å². The Morgan fingerprint density at radius 2 is 1.34 bits per heavy atom. The number of rotatable bonds is 6. The first-order valence-corrected chi connectivity index (χ1v) is 12.3. The Balaban J connectivity index is 1.76. The van der Waals surface area contributed by atoms with Crippen molar-refractivity contribution in [1.29, 1.82) is 0 Å². The number of benzene rings is 4. The molecule has 0 heterocycles. The van der Waals surface area contributed by atoms with E-state index in [0.29, 0.717) is 5.75 Å². The van der Waals surface area contributed by atoms with Crippen LogP contribution >= 0.6 is 0 Å². The first-order valence-electron chi connectivity index (χ1n) is 12.3. The highest BCUT2D eigenvalue weighted by molar-refractivity contribution is 5.87. The van der Waals surface area contributed by atoms with Gasteiger partial charge in [-0.3, -0.25) is 4.99 Å². The molecule has 0 amide bonds. The molecule has 0 radical (unpaired) electrons. The molecule has 4 aromatic rings. The first-order chi connectivity index (χ1) is 16.7. The molecule has 1 N–H and O–H groups in total. The maximum absolute atomic E-state index is 11.0. The maximum Gasteiger partial charge on any atom is 0.128 e. The van der Waals surface area contributed by atoms with E-state index in [-0.39, 0.29) is 5.41 Å². The van der Waals surface area contributed by atoms with Crippen LogP contribution in [0.3, 0.4) is 0 Å². The van der Waals surface area contributed by atoms with Crippen LogP contribution in [0.2, 0.25) is 0 Å². The highest BCUT2D eigenvalue weighted by Crippen LogP contribution is 2.35. The van der Waals surface area contributed by atoms with Crippen molar-refractivity contribution in [3.05, 3.63) is 129 Å². The number of hydrogen-bond acceptors (Lipinski definition) is 2. The Morgan fingerprint density at radius 3 is 1.94 bits per heavy atom. The number of phenolic OH excluding ortho intramolecular Hbond substituents is 1. The molecule has 178 valence electrons. The van der Waals surface area contributed by atoms with Crippen molar-refractivity contribution in [3.63, 3.8) is 0 Å². The summed E-state index contributed by atoms with van der Waals surface area (Å²) in [5.74, 6) is 0.315. The number of hydrogen-bond donors (Lipinski definition) is 1. The largest absolute Gasteiger partial charge is 0.507 e. The minimum atomic E-state index is -0.147. The van der Waals surface area contributed by atoms with Gasteiger partial charge in [-0.15, -0.1) is 0 Å². The van der Waals surface area contributed by atoms with Crippen molar-refractivity contribution in [2.75, 3.05) is 0 Å². The van der Waals surface area contributed by atoms with Gasteiger partial charge in [-0.05, 0) is 71.6 Å². The lowest BCUT2D eigenvalue weighted by atomic mass is 9.84. The van der Waals surface area contributed by atoms with Crippen molar-refractivity contribution < 1.29 is 5.11 Å². The number of aliphatic imine (C=N–C) groups is 1. The van der Waals surface area contributed by atoms with Gasteiger partial charge in [-0.25, -0.2) is 0 Å². The Morgan fingerprint density at radius 1 is 0.743 bits per heavy atom. The summed E-state index contributed by atoms with van der Waals surface area (Å²) in [6, 6.07) is 29.7. The number of aromatic hydroxyl groups is 1. The van der Waals surface area contributed by atoms with Crippen LogP contribution in [0.1, 0.15) is 65.3 Å². The van der Waals surface area contributed by atoms with Gasteiger partial charge >= 0.3 is 0 Å². The molecule has 0 atom stereocenters. The molecule has 0 aliphatic heterocycles. The summed E-state index contributed by atoms with van der Waals surface area (Å²) in [6.45, 7) is 10.6. The molecule has 0 aromatic heterocycles. The van der Waals surface area contributed by atoms with Crippen molar-refractivity contribution in [2.45, 2.75) is 52.9 Å². The summed E-state index contributed by atoms with van der Waals surface area (Å²) < 4.78 is 0. The topological polar surface area (TPSA) is 32.6 Å². The molecule has 0 aliphatic carbocycles. The molecular formula is C33H35NO. The summed E-state index contributed by atoms with van der Waals surface area (Å²) in [6.07, 6.45) is 3.52. The van der Waals surface area contributed by atoms with E-state index < -0.39 is 0 Å². The zero-order valence-electron chi connectivity index (χ0n) is 21.5. The van der Waals surface area contributed by atoms with E-state index in [1.807, 2.05) is 18.3 Å². The standard InChI is InChI=1S/C33H35NO/c1-23-16-29(32(35)30(17-23)33(3,4)5)22-34-31-24(2)18-27(19-25-12-8-6-9-13-25)21-28(31)20-26-14-10-7-11-15-26/h6-18,21-22,35H,19-20H2,1-5H3. The Hall–Kier alpha value is -3.65. The molecule has 35 heavy (non-hydrogen) atoms. The molecule has 0 saturated carbocycles. The van der Waals surface area contributed by atoms with Crippen LogP contribution in [0, 0.1) is 13.8 Å². The minimum absolute atomic E-state index is 0.147. The summed E-state index contributed by atoms with van der Waals surface area (Å²) in [4.78, 5) is 4.96. The molecule has 4 aromatic carbocycles. The molecule has 0 unspecified atom stereocenters. The van der Waals surface area contributed by atoms with Gasteiger partial charge in [-0.2, -0.15) is 0 Å². The van der Waals surface area contributed by atoms with E-state index in [9.17, 15) is 5.11 Å². The van der Waals surface area contributed by atoms with Crippen LogP contribution in [0.5, 0.6) is 5.75 Å². The number of phenols is 1. The van der Waals surface area contributed by atoms with Crippen LogP contribution in [-0.2, 0) is 18.3 Å². The van der Waals surface area contributed by atoms with Crippen molar-refractivity contribution in [1.82, 2.24) is 0 Å². The zero-order chi connectivity index (χ0) is 25.0. The van der Waals surface area contributed by atoms with Gasteiger partial charge in [0.15, 0.2) is 0 Å². The lowest BCUT2D eigenvalue weighted by Crippen LogP contribution is -2.12. The molecule has 0 aliphatic rings. The van der Waals surface area contributed by atoms with E-state index in [1.54, 1.807) is 0 Å². The van der Waals surface area contributed by atoms with Gasteiger partial charge in [0.25, 0.3) is 0 Å². The minimum Gasteiger partial charge on any atom is -0.507 e. The first kappa shape index (κ1) is 24.5. The fourth-order valence-electron chi connectivity index (χ4n) is 4.61. The van der Waals surface area contributed by atoms with Gasteiger partial charge in [0.2, 0.25) is 0 Å². The van der Waals surface area contributed by atoms with E-state index >= 15 is 0 Å². The van der Waals surface area contributed by atoms with Crippen molar-refractivity contribution in [2.24, 2.45) is 4.99 Å². The molecule has 0 bridgehead atoms. The molecule has 2 heteroatoms. The molecule has 0 saturated heterocycles. The third-order valence-electron chi connectivity index (χ3n) is 6.35. The summed E-state index contributed by atoms with van der Waals surface area (Å²) in [5.41, 5.74) is 9.83. The normalized spacial score (nSPS) is 11.8. The number of nitrogens with zero attached hydrogens (tertiary/aromatic N) is 1. The predicted molar refractivity (Wildman–Crippen MR) is 148 cm³/mol. The molecular weight excluding hydrogens is 426 g/mol. The van der Waals surface area contributed by atoms with Gasteiger partial charge in [0.1, 0.15) is 5.75 Å². The average molecular weight is 462 g/mol. The van der Waals surface area contributed by atoms with E-state index in [1.165, 1.54) is 22.3 Å². The molecule has 4 rings (SSSR count). The average Bonchev–Trinajstić information content (AvgIpc) is 2.81. The predicted octanol–water partition coefficient (Wildman–Crippen LogP) is 8.24. The Bertz CT molecular complexity index is 1330. The molecule has 2 nitrogen and oxygen atoms in total. The van der Waals surface area contributed by atoms with Crippen molar-refractivity contribution >= 4 is 11.9 Å². The monoisotopic (exact) mass is 461 g/mol. The summed E-state index contributed by atoms with van der Waals surface area (Å²) in [7, 11) is 0. The highest BCUT2D eigenvalue weighted by atomic mass is 16.3. The van der Waals surface area contributed by atoms with Gasteiger partial charge in [0, 0.05) is 17.3 Å². The van der Waals surface area contributed by atoms with Crippen LogP contribution in [0.4, 0.5) is 5.69 Å². The molecule has 0 fully saturated rings. The third-order valence-corrected chi connectivity index (χ3v) is 6.35. The van der Waals surface area contributed by atoms with E-state index in [0.717, 1.165) is 40.8 Å². The highest BCUT2D eigenvalue weighted by Gasteiger charge is 2.20. The lowest BCUT2D eigenvalue weighted by molar-refractivity contribution is 0.445. The van der Waals surface area contributed by atoms with Crippen LogP contribution < -0.4 is 0 Å². The van der Waals surface area contributed by atoms with Crippen molar-refractivity contribution in [3.8, 4) is 5.75 Å². The van der Waals surface area contributed by atoms with E-state index in [4.69, 9.17) is 4.99 Å². The maximum atomic E-state index is 11.0. The Labute approximate surface area is 210 Å². The SMILES string of the molecule is Cc1cc(C=Nc2c(C)cc(Cc3ccccc3)cc2Cc2ccccc2)c(O)c(C(C)(C)C)c1. The van der Waals surface area contributed by atoms with Crippen LogP contribution in [0.15, 0.2) is 89.9 Å². The second-order valence-electron chi connectivity index (χ2n) is 10.5. The lowest BCUT2D eigenvalue weighted by Gasteiger charge is -2.22. The quantitative estimate of drug-likeness (QED) is 0.288. The Kier molecular flexibility index (Phi) is 7.21. The van der Waals surface area contributed by atoms with Crippen LogP contribution in [0.25, 0.3) is 0 Å². The summed E-state index contributed by atoms with van der Waals surface area (Å²) in [5, 5.41) is 11.0. The fourth-order valence-corrected chi connectivity index (χ4v) is 4.61. The molecule has 0 spiro atoms. The van der Waals surface area contributed by atoms with E-state index in [2.05, 4.69) is 107 Å². The van der Waals surface area contributed by atoms with Gasteiger partial charge < -0.3 is 5.11 Å². The van der Waals surface area contributed by atoms with Crippen LogP contribution in [-0.4, -0.2) is 11.3 Å². The second-order valence-corrected chi connectivity index (χ2v) is 10.5. The van der Waals surface area contributed by atoms with Gasteiger partial charge in [0.05, 0.1) is 5.69 Å². The fraction of sp³-hybridized carbons (Fsp3) is 0.242. The zero-order valence-corrected chi connectivity index (χ0v) is 21.5. The number of aryl methyl sites for hydroxylation is 2. The summed E-state index contributed by atoms with van der Waals surface area (Å²) >= 11 is 0. The third kappa shape index (κ3) is 6.08. The second kappa shape index (κ2) is 10.3.